The van der Waals surface area contributed by atoms with Gasteiger partial charge in [-0.2, -0.15) is 0 Å². The number of pyridine rings is 1. The zero-order chi connectivity index (χ0) is 25.1. The monoisotopic (exact) mass is 484 g/mol. The fourth-order valence-electron chi connectivity index (χ4n) is 4.43. The molecule has 186 valence electrons. The van der Waals surface area contributed by atoms with Crippen molar-refractivity contribution in [3.63, 3.8) is 0 Å². The highest BCUT2D eigenvalue weighted by Crippen LogP contribution is 2.30. The lowest BCUT2D eigenvalue weighted by molar-refractivity contribution is 0.0205. The second kappa shape index (κ2) is 10.0. The molecule has 1 amide bonds. The predicted octanol–water partition coefficient (Wildman–Crippen LogP) is 6.32. The maximum Gasteiger partial charge on any atom is 0.410 e. The number of ether oxygens (including phenoxy) is 2. The number of piperidine rings is 1. The average molecular weight is 485 g/mol. The van der Waals surface area contributed by atoms with Crippen LogP contribution < -0.4 is 4.74 Å². The number of imidazole rings is 1. The first-order valence-electron chi connectivity index (χ1n) is 12.4. The predicted molar refractivity (Wildman–Crippen MR) is 140 cm³/mol. The van der Waals surface area contributed by atoms with Crippen molar-refractivity contribution in [1.29, 1.82) is 0 Å². The van der Waals surface area contributed by atoms with Crippen LogP contribution in [0.1, 0.15) is 50.7 Å². The minimum absolute atomic E-state index is 0.232. The van der Waals surface area contributed by atoms with Gasteiger partial charge >= 0.3 is 6.09 Å². The van der Waals surface area contributed by atoms with Crippen molar-refractivity contribution in [2.45, 2.75) is 51.7 Å². The van der Waals surface area contributed by atoms with Crippen molar-refractivity contribution < 1.29 is 14.3 Å². The summed E-state index contributed by atoms with van der Waals surface area (Å²) in [5.41, 5.74) is 4.42. The Labute approximate surface area is 211 Å². The molecule has 5 rings (SSSR count). The first-order chi connectivity index (χ1) is 17.3. The van der Waals surface area contributed by atoms with Crippen LogP contribution in [0.4, 0.5) is 4.79 Å². The average Bonchev–Trinajstić information content (AvgIpc) is 3.31. The zero-order valence-corrected chi connectivity index (χ0v) is 21.0. The molecular weight excluding hydrogens is 452 g/mol. The number of nitrogens with zero attached hydrogens (tertiary/aromatic N) is 3. The quantitative estimate of drug-likeness (QED) is 0.359. The lowest BCUT2D eigenvalue weighted by Crippen LogP contribution is -2.41. The summed E-state index contributed by atoms with van der Waals surface area (Å²) in [5.74, 6) is 2.01. The molecule has 1 aliphatic heterocycles. The van der Waals surface area contributed by atoms with Crippen LogP contribution in [0.3, 0.4) is 0 Å². The lowest BCUT2D eigenvalue weighted by atomic mass is 9.90. The van der Waals surface area contributed by atoms with Crippen LogP contribution in [-0.2, 0) is 11.3 Å². The first-order valence-corrected chi connectivity index (χ1v) is 12.4. The Bertz CT molecular complexity index is 1320. The Kier molecular flexibility index (Phi) is 6.63. The number of aromatic nitrogens is 3. The van der Waals surface area contributed by atoms with Crippen molar-refractivity contribution >= 4 is 17.3 Å². The molecule has 36 heavy (non-hydrogen) atoms. The Balaban J connectivity index is 1.22. The van der Waals surface area contributed by atoms with Crippen LogP contribution >= 0.6 is 0 Å². The van der Waals surface area contributed by atoms with E-state index in [0.29, 0.717) is 25.6 Å². The first kappa shape index (κ1) is 23.9. The SMILES string of the molecule is CC(C)(C)OC(=O)N1CCC(c2cnc3[nH]c(-c4ccc(COc5ccccc5)cc4)nc3c2)CC1. The number of carbonyl (C=O) groups excluding carboxylic acids is 1. The molecule has 0 spiro atoms. The molecule has 2 aromatic carbocycles. The molecule has 0 radical (unpaired) electrons. The zero-order valence-electron chi connectivity index (χ0n) is 21.0. The van der Waals surface area contributed by atoms with Gasteiger partial charge in [0.15, 0.2) is 5.65 Å². The molecule has 4 aromatic rings. The summed E-state index contributed by atoms with van der Waals surface area (Å²) in [6.45, 7) is 7.57. The molecule has 1 N–H and O–H groups in total. The van der Waals surface area contributed by atoms with Gasteiger partial charge < -0.3 is 19.4 Å². The van der Waals surface area contributed by atoms with E-state index >= 15 is 0 Å². The summed E-state index contributed by atoms with van der Waals surface area (Å²) >= 11 is 0. The standard InChI is InChI=1S/C29H32N4O3/c1-29(2,3)36-28(34)33-15-13-21(14-16-33)23-17-25-27(30-18-23)32-26(31-25)22-11-9-20(10-12-22)19-35-24-7-5-4-6-8-24/h4-12,17-18,21H,13-16,19H2,1-3H3,(H,30,31,32). The molecule has 0 saturated carbocycles. The van der Waals surface area contributed by atoms with Gasteiger partial charge in [-0.05, 0) is 68.9 Å². The number of para-hydroxylation sites is 1. The normalized spacial score (nSPS) is 14.7. The van der Waals surface area contributed by atoms with Crippen molar-refractivity contribution in [3.05, 3.63) is 78.0 Å². The minimum atomic E-state index is -0.475. The van der Waals surface area contributed by atoms with E-state index < -0.39 is 5.60 Å². The van der Waals surface area contributed by atoms with Gasteiger partial charge in [0.25, 0.3) is 0 Å². The van der Waals surface area contributed by atoms with E-state index in [1.165, 1.54) is 0 Å². The fourth-order valence-corrected chi connectivity index (χ4v) is 4.43. The number of hydrogen-bond acceptors (Lipinski definition) is 5. The summed E-state index contributed by atoms with van der Waals surface area (Å²) in [6, 6.07) is 20.1. The van der Waals surface area contributed by atoms with Crippen molar-refractivity contribution in [1.82, 2.24) is 19.9 Å². The third-order valence-corrected chi connectivity index (χ3v) is 6.35. The van der Waals surface area contributed by atoms with Crippen LogP contribution in [0, 0.1) is 0 Å². The Morgan fingerprint density at radius 1 is 1.06 bits per heavy atom. The van der Waals surface area contributed by atoms with Gasteiger partial charge in [-0.1, -0.05) is 42.5 Å². The number of fused-ring (bicyclic) bond motifs is 1. The second-order valence-electron chi connectivity index (χ2n) is 10.3. The van der Waals surface area contributed by atoms with Crippen LogP contribution in [0.5, 0.6) is 5.75 Å². The molecule has 2 aromatic heterocycles. The van der Waals surface area contributed by atoms with E-state index in [2.05, 4.69) is 40.3 Å². The smallest absolute Gasteiger partial charge is 0.410 e. The highest BCUT2D eigenvalue weighted by Gasteiger charge is 2.28. The summed E-state index contributed by atoms with van der Waals surface area (Å²) in [7, 11) is 0. The molecule has 1 fully saturated rings. The highest BCUT2D eigenvalue weighted by atomic mass is 16.6. The molecule has 1 aliphatic rings. The molecule has 0 bridgehead atoms. The number of benzene rings is 2. The number of H-pyrrole nitrogens is 1. The highest BCUT2D eigenvalue weighted by molar-refractivity contribution is 5.76. The molecule has 1 saturated heterocycles. The number of rotatable bonds is 5. The molecule has 3 heterocycles. The van der Waals surface area contributed by atoms with Gasteiger partial charge in [0.1, 0.15) is 29.3 Å². The van der Waals surface area contributed by atoms with E-state index in [4.69, 9.17) is 14.5 Å². The number of amides is 1. The number of hydrogen-bond donors (Lipinski definition) is 1. The van der Waals surface area contributed by atoms with E-state index in [1.807, 2.05) is 57.3 Å². The van der Waals surface area contributed by atoms with Crippen LogP contribution in [0.25, 0.3) is 22.6 Å². The van der Waals surface area contributed by atoms with E-state index in [-0.39, 0.29) is 6.09 Å². The van der Waals surface area contributed by atoms with Gasteiger partial charge in [-0.15, -0.1) is 0 Å². The molecule has 7 nitrogen and oxygen atoms in total. The van der Waals surface area contributed by atoms with Gasteiger partial charge in [0, 0.05) is 24.8 Å². The van der Waals surface area contributed by atoms with Crippen molar-refractivity contribution in [2.75, 3.05) is 13.1 Å². The Morgan fingerprint density at radius 2 is 1.78 bits per heavy atom. The van der Waals surface area contributed by atoms with E-state index in [1.54, 1.807) is 4.90 Å². The largest absolute Gasteiger partial charge is 0.489 e. The topological polar surface area (TPSA) is 80.3 Å². The van der Waals surface area contributed by atoms with E-state index in [9.17, 15) is 4.79 Å². The van der Waals surface area contributed by atoms with Crippen LogP contribution in [0.2, 0.25) is 0 Å². The van der Waals surface area contributed by atoms with Crippen LogP contribution in [0.15, 0.2) is 66.9 Å². The molecular formula is C29H32N4O3. The maximum absolute atomic E-state index is 12.4. The van der Waals surface area contributed by atoms with Gasteiger partial charge in [0.05, 0.1) is 0 Å². The van der Waals surface area contributed by atoms with Crippen molar-refractivity contribution in [3.8, 4) is 17.1 Å². The molecule has 0 atom stereocenters. The second-order valence-corrected chi connectivity index (χ2v) is 10.3. The molecule has 7 heteroatoms. The molecule has 0 unspecified atom stereocenters. The maximum atomic E-state index is 12.4. The lowest BCUT2D eigenvalue weighted by Gasteiger charge is -2.33. The summed E-state index contributed by atoms with van der Waals surface area (Å²) in [5, 5.41) is 0. The summed E-state index contributed by atoms with van der Waals surface area (Å²) in [4.78, 5) is 27.0. The van der Waals surface area contributed by atoms with Gasteiger partial charge in [0.2, 0.25) is 0 Å². The number of carbonyl (C=O) groups is 1. The summed E-state index contributed by atoms with van der Waals surface area (Å²) in [6.07, 6.45) is 3.47. The van der Waals surface area contributed by atoms with Gasteiger partial charge in [-0.25, -0.2) is 14.8 Å². The van der Waals surface area contributed by atoms with Gasteiger partial charge in [-0.3, -0.25) is 0 Å². The number of likely N-dealkylation sites (tertiary alicyclic amines) is 1. The third-order valence-electron chi connectivity index (χ3n) is 6.35. The Morgan fingerprint density at radius 3 is 2.47 bits per heavy atom. The van der Waals surface area contributed by atoms with Crippen LogP contribution in [-0.4, -0.2) is 44.6 Å². The number of aromatic amines is 1. The minimum Gasteiger partial charge on any atom is -0.489 e. The molecule has 0 aliphatic carbocycles. The third kappa shape index (κ3) is 5.67. The fraction of sp³-hybridized carbons (Fsp3) is 0.345. The summed E-state index contributed by atoms with van der Waals surface area (Å²) < 4.78 is 11.4. The number of nitrogens with one attached hydrogen (secondary N) is 1. The van der Waals surface area contributed by atoms with E-state index in [0.717, 1.165) is 52.3 Å². The van der Waals surface area contributed by atoms with Crippen molar-refractivity contribution in [2.24, 2.45) is 0 Å². The Hall–Kier alpha value is -3.87.